The third-order valence-electron chi connectivity index (χ3n) is 4.85. The monoisotopic (exact) mass is 394 g/mol. The van der Waals surface area contributed by atoms with Crippen LogP contribution in [0.25, 0.3) is 10.6 Å². The lowest BCUT2D eigenvalue weighted by molar-refractivity contribution is 0.0623. The summed E-state index contributed by atoms with van der Waals surface area (Å²) < 4.78 is 5.19. The Labute approximate surface area is 168 Å². The number of carbonyl (C=O) groups is 1. The highest BCUT2D eigenvalue weighted by Crippen LogP contribution is 2.26. The summed E-state index contributed by atoms with van der Waals surface area (Å²) in [7, 11) is 1.64. The summed E-state index contributed by atoms with van der Waals surface area (Å²) in [5.41, 5.74) is 2.72. The number of rotatable bonds is 5. The van der Waals surface area contributed by atoms with Gasteiger partial charge >= 0.3 is 0 Å². The van der Waals surface area contributed by atoms with E-state index in [2.05, 4.69) is 20.9 Å². The minimum atomic E-state index is 0.0111. The van der Waals surface area contributed by atoms with Crippen molar-refractivity contribution in [2.75, 3.05) is 33.3 Å². The second-order valence-corrected chi connectivity index (χ2v) is 7.55. The van der Waals surface area contributed by atoms with E-state index in [0.717, 1.165) is 36.0 Å². The number of hydrogen-bond donors (Lipinski definition) is 0. The van der Waals surface area contributed by atoms with Gasteiger partial charge in [0.1, 0.15) is 16.5 Å². The molecule has 0 N–H and O–H groups in total. The van der Waals surface area contributed by atoms with E-state index in [0.29, 0.717) is 18.8 Å². The summed E-state index contributed by atoms with van der Waals surface area (Å²) in [6.07, 6.45) is 3.68. The van der Waals surface area contributed by atoms with Crippen molar-refractivity contribution in [1.29, 1.82) is 0 Å². The largest absolute Gasteiger partial charge is 0.497 e. The minimum Gasteiger partial charge on any atom is -0.497 e. The maximum Gasteiger partial charge on any atom is 0.273 e. The average Bonchev–Trinajstić information content (AvgIpc) is 3.25. The van der Waals surface area contributed by atoms with E-state index >= 15 is 0 Å². The minimum absolute atomic E-state index is 0.0111. The van der Waals surface area contributed by atoms with Gasteiger partial charge in [-0.25, -0.2) is 4.98 Å². The van der Waals surface area contributed by atoms with Crippen LogP contribution in [0.5, 0.6) is 5.75 Å². The van der Waals surface area contributed by atoms with Gasteiger partial charge in [-0.05, 0) is 35.9 Å². The molecule has 7 heteroatoms. The van der Waals surface area contributed by atoms with E-state index in [9.17, 15) is 4.79 Å². The highest BCUT2D eigenvalue weighted by molar-refractivity contribution is 7.13. The smallest absolute Gasteiger partial charge is 0.273 e. The number of pyridine rings is 1. The fraction of sp³-hybridized carbons (Fsp3) is 0.286. The Morgan fingerprint density at radius 1 is 1.14 bits per heavy atom. The van der Waals surface area contributed by atoms with Crippen molar-refractivity contribution in [1.82, 2.24) is 19.8 Å². The number of nitrogens with zero attached hydrogens (tertiary/aromatic N) is 4. The summed E-state index contributed by atoms with van der Waals surface area (Å²) in [4.78, 5) is 25.8. The third-order valence-corrected chi connectivity index (χ3v) is 5.74. The zero-order chi connectivity index (χ0) is 19.3. The molecule has 0 radical (unpaired) electrons. The van der Waals surface area contributed by atoms with Crippen LogP contribution < -0.4 is 4.74 Å². The molecular formula is C21H22N4O2S. The number of carbonyl (C=O) groups excluding carboxylic acids is 1. The average molecular weight is 395 g/mol. The van der Waals surface area contributed by atoms with Crippen LogP contribution in [-0.4, -0.2) is 59.0 Å². The van der Waals surface area contributed by atoms with Gasteiger partial charge in [0.25, 0.3) is 5.91 Å². The molecule has 0 aliphatic carbocycles. The highest BCUT2D eigenvalue weighted by Gasteiger charge is 2.24. The van der Waals surface area contributed by atoms with Crippen LogP contribution >= 0.6 is 11.3 Å². The van der Waals surface area contributed by atoms with Gasteiger partial charge in [-0.2, -0.15) is 0 Å². The summed E-state index contributed by atoms with van der Waals surface area (Å²) in [6.45, 7) is 4.02. The number of aromatic nitrogens is 2. The molecule has 0 unspecified atom stereocenters. The normalized spacial score (nSPS) is 14.8. The lowest BCUT2D eigenvalue weighted by Crippen LogP contribution is -2.48. The number of methoxy groups -OCH3 is 1. The number of ether oxygens (including phenoxy) is 1. The second-order valence-electron chi connectivity index (χ2n) is 6.70. The van der Waals surface area contributed by atoms with Crippen molar-refractivity contribution in [3.05, 3.63) is 65.4 Å². The molecule has 1 saturated heterocycles. The van der Waals surface area contributed by atoms with E-state index in [4.69, 9.17) is 4.74 Å². The Balaban J connectivity index is 1.36. The SMILES string of the molecule is COc1ccc(-c2nc(C(=O)N3CCN(Cc4cccnc4)CC3)cs2)cc1. The van der Waals surface area contributed by atoms with Crippen LogP contribution in [0.15, 0.2) is 54.2 Å². The van der Waals surface area contributed by atoms with Crippen LogP contribution in [0.1, 0.15) is 16.1 Å². The van der Waals surface area contributed by atoms with E-state index < -0.39 is 0 Å². The fourth-order valence-corrected chi connectivity index (χ4v) is 4.06. The van der Waals surface area contributed by atoms with Crippen molar-refractivity contribution in [3.8, 4) is 16.3 Å². The van der Waals surface area contributed by atoms with Gasteiger partial charge in [-0.3, -0.25) is 14.7 Å². The van der Waals surface area contributed by atoms with E-state index in [1.807, 2.05) is 46.8 Å². The van der Waals surface area contributed by atoms with E-state index in [-0.39, 0.29) is 5.91 Å². The first-order valence-corrected chi connectivity index (χ1v) is 10.1. The molecule has 1 aliphatic heterocycles. The molecule has 2 aromatic heterocycles. The molecular weight excluding hydrogens is 372 g/mol. The Bertz CT molecular complexity index is 919. The number of piperazine rings is 1. The van der Waals surface area contributed by atoms with Crippen LogP contribution in [0, 0.1) is 0 Å². The maximum absolute atomic E-state index is 12.8. The van der Waals surface area contributed by atoms with Crippen LogP contribution in [-0.2, 0) is 6.54 Å². The lowest BCUT2D eigenvalue weighted by Gasteiger charge is -2.34. The van der Waals surface area contributed by atoms with Gasteiger partial charge in [0.2, 0.25) is 0 Å². The highest BCUT2D eigenvalue weighted by atomic mass is 32.1. The zero-order valence-corrected chi connectivity index (χ0v) is 16.6. The van der Waals surface area contributed by atoms with Crippen molar-refractivity contribution >= 4 is 17.2 Å². The van der Waals surface area contributed by atoms with Crippen molar-refractivity contribution < 1.29 is 9.53 Å². The van der Waals surface area contributed by atoms with E-state index in [1.165, 1.54) is 16.9 Å². The van der Waals surface area contributed by atoms with Gasteiger partial charge in [0.05, 0.1) is 7.11 Å². The second kappa shape index (κ2) is 8.50. The molecule has 28 heavy (non-hydrogen) atoms. The molecule has 4 rings (SSSR count). The number of hydrogen-bond acceptors (Lipinski definition) is 6. The molecule has 1 aliphatic rings. The first-order valence-electron chi connectivity index (χ1n) is 9.23. The molecule has 3 aromatic rings. The Hall–Kier alpha value is -2.77. The Morgan fingerprint density at radius 2 is 1.93 bits per heavy atom. The first kappa shape index (κ1) is 18.6. The first-order chi connectivity index (χ1) is 13.7. The molecule has 144 valence electrons. The van der Waals surface area contributed by atoms with Gasteiger partial charge in [-0.15, -0.1) is 11.3 Å². The lowest BCUT2D eigenvalue weighted by atomic mass is 10.2. The molecule has 1 amide bonds. The van der Waals surface area contributed by atoms with Gasteiger partial charge in [0, 0.05) is 56.1 Å². The third kappa shape index (κ3) is 4.21. The molecule has 6 nitrogen and oxygen atoms in total. The summed E-state index contributed by atoms with van der Waals surface area (Å²) >= 11 is 1.49. The van der Waals surface area contributed by atoms with Gasteiger partial charge in [-0.1, -0.05) is 6.07 Å². The molecule has 0 spiro atoms. The topological polar surface area (TPSA) is 58.6 Å². The van der Waals surface area contributed by atoms with Crippen LogP contribution in [0.2, 0.25) is 0 Å². The quantitative estimate of drug-likeness (QED) is 0.665. The summed E-state index contributed by atoms with van der Waals surface area (Å²) in [5.74, 6) is 0.817. The maximum atomic E-state index is 12.8. The van der Waals surface area contributed by atoms with Gasteiger partial charge < -0.3 is 9.64 Å². The molecule has 1 fully saturated rings. The number of benzene rings is 1. The fourth-order valence-electron chi connectivity index (χ4n) is 3.26. The molecule has 0 saturated carbocycles. The zero-order valence-electron chi connectivity index (χ0n) is 15.7. The van der Waals surface area contributed by atoms with Crippen LogP contribution in [0.4, 0.5) is 0 Å². The van der Waals surface area contributed by atoms with Crippen molar-refractivity contribution in [2.45, 2.75) is 6.54 Å². The van der Waals surface area contributed by atoms with Crippen molar-refractivity contribution in [3.63, 3.8) is 0 Å². The molecule has 3 heterocycles. The molecule has 0 bridgehead atoms. The van der Waals surface area contributed by atoms with Crippen molar-refractivity contribution in [2.24, 2.45) is 0 Å². The standard InChI is InChI=1S/C21H22N4O2S/c1-27-18-6-4-17(5-7-18)20-23-19(15-28-20)21(26)25-11-9-24(10-12-25)14-16-3-2-8-22-13-16/h2-8,13,15H,9-12,14H2,1H3. The predicted molar refractivity (Wildman–Crippen MR) is 110 cm³/mol. The molecule has 0 atom stereocenters. The van der Waals surface area contributed by atoms with Crippen LogP contribution in [0.3, 0.4) is 0 Å². The summed E-state index contributed by atoms with van der Waals surface area (Å²) in [5, 5.41) is 2.70. The Kier molecular flexibility index (Phi) is 5.64. The van der Waals surface area contributed by atoms with E-state index in [1.54, 1.807) is 13.3 Å². The number of amides is 1. The predicted octanol–water partition coefficient (Wildman–Crippen LogP) is 3.17. The number of thiazole rings is 1. The van der Waals surface area contributed by atoms with Gasteiger partial charge in [0.15, 0.2) is 0 Å². The summed E-state index contributed by atoms with van der Waals surface area (Å²) in [6, 6.07) is 11.8. The molecule has 1 aromatic carbocycles. The Morgan fingerprint density at radius 3 is 2.61 bits per heavy atom.